The number of aryl methyl sites for hydroxylation is 1. The second-order valence-electron chi connectivity index (χ2n) is 7.55. The summed E-state index contributed by atoms with van der Waals surface area (Å²) in [5, 5.41) is 8.90. The normalized spacial score (nSPS) is 14.7. The Kier molecular flexibility index (Phi) is 6.25. The number of hydrogen-bond donors (Lipinski definition) is 1. The molecule has 1 aliphatic heterocycles. The summed E-state index contributed by atoms with van der Waals surface area (Å²) in [6, 6.07) is 12.6. The van der Waals surface area contributed by atoms with Crippen molar-refractivity contribution in [2.75, 3.05) is 42.9 Å². The van der Waals surface area contributed by atoms with E-state index in [1.54, 1.807) is 30.3 Å². The van der Waals surface area contributed by atoms with Gasteiger partial charge in [-0.25, -0.2) is 4.68 Å². The van der Waals surface area contributed by atoms with Gasteiger partial charge in [0.25, 0.3) is 11.5 Å². The molecule has 31 heavy (non-hydrogen) atoms. The van der Waals surface area contributed by atoms with Crippen LogP contribution in [0.15, 0.2) is 47.3 Å². The maximum Gasteiger partial charge on any atom is 0.276 e. The minimum absolute atomic E-state index is 0.202. The molecule has 2 aromatic carbocycles. The van der Waals surface area contributed by atoms with Gasteiger partial charge in [0, 0.05) is 43.1 Å². The number of aromatic nitrogens is 2. The largest absolute Gasteiger partial charge is 0.367 e. The predicted molar refractivity (Wildman–Crippen MR) is 125 cm³/mol. The van der Waals surface area contributed by atoms with E-state index in [1.165, 1.54) is 4.68 Å². The van der Waals surface area contributed by atoms with E-state index in [-0.39, 0.29) is 17.2 Å². The molecule has 0 aliphatic carbocycles. The fourth-order valence-corrected chi connectivity index (χ4v) is 4.16. The molecule has 0 spiro atoms. The Labute approximate surface area is 186 Å². The zero-order valence-corrected chi connectivity index (χ0v) is 18.5. The van der Waals surface area contributed by atoms with Crippen molar-refractivity contribution in [2.45, 2.75) is 20.4 Å². The Morgan fingerprint density at radius 2 is 1.74 bits per heavy atom. The molecule has 0 atom stereocenters. The van der Waals surface area contributed by atoms with Gasteiger partial charge in [-0.05, 0) is 37.7 Å². The maximum atomic E-state index is 13.3. The Hall–Kier alpha value is -2.90. The van der Waals surface area contributed by atoms with Crippen LogP contribution < -0.4 is 15.8 Å². The molecule has 4 rings (SSSR count). The number of benzene rings is 2. The van der Waals surface area contributed by atoms with Gasteiger partial charge in [-0.2, -0.15) is 5.10 Å². The van der Waals surface area contributed by atoms with Crippen LogP contribution in [0.2, 0.25) is 5.02 Å². The van der Waals surface area contributed by atoms with Gasteiger partial charge in [0.2, 0.25) is 0 Å². The highest BCUT2D eigenvalue weighted by Gasteiger charge is 2.21. The number of carbonyl (C=O) groups is 1. The van der Waals surface area contributed by atoms with Crippen molar-refractivity contribution in [3.63, 3.8) is 0 Å². The van der Waals surface area contributed by atoms with Gasteiger partial charge in [0.1, 0.15) is 0 Å². The summed E-state index contributed by atoms with van der Waals surface area (Å²) in [5.41, 5.74) is 1.59. The molecule has 2 heterocycles. The zero-order valence-electron chi connectivity index (χ0n) is 17.8. The SMILES string of the molecule is CCN1CCN(c2ccc(Cl)cc2NC(=O)c2nn(CC)c(=O)c3ccccc23)CC1. The number of carbonyl (C=O) groups excluding carboxylic acids is 1. The molecule has 1 aliphatic rings. The van der Waals surface area contributed by atoms with Crippen molar-refractivity contribution in [1.29, 1.82) is 0 Å². The van der Waals surface area contributed by atoms with Crippen LogP contribution >= 0.6 is 11.6 Å². The molecular formula is C23H26ClN5O2. The standard InChI is InChI=1S/C23H26ClN5O2/c1-3-27-11-13-28(14-12-27)20-10-9-16(24)15-19(20)25-22(30)21-17-7-5-6-8-18(17)23(31)29(4-2)26-21/h5-10,15H,3-4,11-14H2,1-2H3,(H,25,30). The van der Waals surface area contributed by atoms with Crippen LogP contribution in [0.4, 0.5) is 11.4 Å². The number of piperazine rings is 1. The lowest BCUT2D eigenvalue weighted by atomic mass is 10.1. The molecule has 0 bridgehead atoms. The van der Waals surface area contributed by atoms with Gasteiger partial charge in [0.05, 0.1) is 16.8 Å². The van der Waals surface area contributed by atoms with E-state index in [2.05, 4.69) is 27.1 Å². The molecule has 1 saturated heterocycles. The Balaban J connectivity index is 1.69. The molecule has 1 amide bonds. The van der Waals surface area contributed by atoms with Gasteiger partial charge < -0.3 is 15.1 Å². The number of likely N-dealkylation sites (N-methyl/N-ethyl adjacent to an activating group) is 1. The highest BCUT2D eigenvalue weighted by molar-refractivity contribution is 6.31. The Morgan fingerprint density at radius 3 is 2.42 bits per heavy atom. The molecule has 0 saturated carbocycles. The first-order valence-corrected chi connectivity index (χ1v) is 11.0. The minimum atomic E-state index is -0.367. The van der Waals surface area contributed by atoms with Crippen molar-refractivity contribution in [3.05, 3.63) is 63.5 Å². The maximum absolute atomic E-state index is 13.3. The molecule has 3 aromatic rings. The highest BCUT2D eigenvalue weighted by Crippen LogP contribution is 2.30. The fraction of sp³-hybridized carbons (Fsp3) is 0.348. The van der Waals surface area contributed by atoms with E-state index >= 15 is 0 Å². The van der Waals surface area contributed by atoms with E-state index in [0.717, 1.165) is 38.4 Å². The molecule has 1 fully saturated rings. The molecule has 7 nitrogen and oxygen atoms in total. The molecule has 1 aromatic heterocycles. The second kappa shape index (κ2) is 9.08. The number of halogens is 1. The molecule has 1 N–H and O–H groups in total. The Bertz CT molecular complexity index is 1170. The minimum Gasteiger partial charge on any atom is -0.367 e. The lowest BCUT2D eigenvalue weighted by molar-refractivity contribution is 0.102. The third-order valence-corrected chi connectivity index (χ3v) is 5.98. The molecule has 0 unspecified atom stereocenters. The van der Waals surface area contributed by atoms with E-state index in [9.17, 15) is 9.59 Å². The molecular weight excluding hydrogens is 414 g/mol. The summed E-state index contributed by atoms with van der Waals surface area (Å²) in [4.78, 5) is 30.5. The van der Waals surface area contributed by atoms with E-state index in [4.69, 9.17) is 11.6 Å². The topological polar surface area (TPSA) is 70.5 Å². The quantitative estimate of drug-likeness (QED) is 0.659. The number of fused-ring (bicyclic) bond motifs is 1. The highest BCUT2D eigenvalue weighted by atomic mass is 35.5. The van der Waals surface area contributed by atoms with Crippen molar-refractivity contribution >= 4 is 39.7 Å². The second-order valence-corrected chi connectivity index (χ2v) is 7.99. The van der Waals surface area contributed by atoms with Crippen LogP contribution in [0.25, 0.3) is 10.8 Å². The Morgan fingerprint density at radius 1 is 1.03 bits per heavy atom. The van der Waals surface area contributed by atoms with Crippen molar-refractivity contribution in [1.82, 2.24) is 14.7 Å². The van der Waals surface area contributed by atoms with Crippen molar-refractivity contribution < 1.29 is 4.79 Å². The van der Waals surface area contributed by atoms with Crippen LogP contribution in [-0.2, 0) is 6.54 Å². The number of hydrogen-bond acceptors (Lipinski definition) is 5. The zero-order chi connectivity index (χ0) is 22.0. The fourth-order valence-electron chi connectivity index (χ4n) is 3.99. The van der Waals surface area contributed by atoms with E-state index in [0.29, 0.717) is 28.0 Å². The lowest BCUT2D eigenvalue weighted by Crippen LogP contribution is -2.46. The lowest BCUT2D eigenvalue weighted by Gasteiger charge is -2.36. The van der Waals surface area contributed by atoms with Gasteiger partial charge in [-0.1, -0.05) is 36.7 Å². The van der Waals surface area contributed by atoms with Crippen molar-refractivity contribution in [2.24, 2.45) is 0 Å². The monoisotopic (exact) mass is 439 g/mol. The van der Waals surface area contributed by atoms with E-state index in [1.807, 2.05) is 19.1 Å². The first kappa shape index (κ1) is 21.3. The van der Waals surface area contributed by atoms with Crippen LogP contribution in [0.1, 0.15) is 24.3 Å². The average Bonchev–Trinajstić information content (AvgIpc) is 2.80. The third kappa shape index (κ3) is 4.29. The smallest absolute Gasteiger partial charge is 0.276 e. The number of nitrogens with one attached hydrogen (secondary N) is 1. The van der Waals surface area contributed by atoms with Gasteiger partial charge >= 0.3 is 0 Å². The predicted octanol–water partition coefficient (Wildman–Crippen LogP) is 3.46. The molecule has 0 radical (unpaired) electrons. The summed E-state index contributed by atoms with van der Waals surface area (Å²) >= 11 is 6.26. The number of anilines is 2. The molecule has 8 heteroatoms. The van der Waals surface area contributed by atoms with Gasteiger partial charge in [-0.15, -0.1) is 0 Å². The average molecular weight is 440 g/mol. The van der Waals surface area contributed by atoms with Crippen LogP contribution in [0, 0.1) is 0 Å². The third-order valence-electron chi connectivity index (χ3n) is 5.75. The van der Waals surface area contributed by atoms with Crippen LogP contribution in [-0.4, -0.2) is 53.3 Å². The summed E-state index contributed by atoms with van der Waals surface area (Å²) in [6.07, 6.45) is 0. The van der Waals surface area contributed by atoms with Gasteiger partial charge in [0.15, 0.2) is 5.69 Å². The van der Waals surface area contributed by atoms with Crippen LogP contribution in [0.5, 0.6) is 0 Å². The summed E-state index contributed by atoms with van der Waals surface area (Å²) in [6.45, 7) is 9.10. The number of rotatable bonds is 5. The molecule has 162 valence electrons. The number of amides is 1. The van der Waals surface area contributed by atoms with Gasteiger partial charge in [-0.3, -0.25) is 9.59 Å². The van der Waals surface area contributed by atoms with Crippen molar-refractivity contribution in [3.8, 4) is 0 Å². The summed E-state index contributed by atoms with van der Waals surface area (Å²) < 4.78 is 1.32. The van der Waals surface area contributed by atoms with E-state index < -0.39 is 0 Å². The van der Waals surface area contributed by atoms with Crippen LogP contribution in [0.3, 0.4) is 0 Å². The summed E-state index contributed by atoms with van der Waals surface area (Å²) in [5.74, 6) is -0.367. The number of nitrogens with zero attached hydrogens (tertiary/aromatic N) is 4. The first-order chi connectivity index (χ1) is 15.0. The first-order valence-electron chi connectivity index (χ1n) is 10.6. The summed E-state index contributed by atoms with van der Waals surface area (Å²) in [7, 11) is 0.